The van der Waals surface area contributed by atoms with Crippen LogP contribution in [0.2, 0.25) is 0 Å². The number of aliphatic carboxylic acids is 1. The summed E-state index contributed by atoms with van der Waals surface area (Å²) >= 11 is 1.34. The Kier molecular flexibility index (Phi) is 5.38. The van der Waals surface area contributed by atoms with Gasteiger partial charge in [0.05, 0.1) is 11.4 Å². The molecule has 0 saturated heterocycles. The Bertz CT molecular complexity index is 488. The van der Waals surface area contributed by atoms with E-state index in [4.69, 9.17) is 5.11 Å². The Balaban J connectivity index is 2.79. The van der Waals surface area contributed by atoms with Gasteiger partial charge in [0.15, 0.2) is 0 Å². The zero-order chi connectivity index (χ0) is 13.5. The SMILES string of the molecule is CSCC(=O)Nc1ccc(/C=C/C(=O)O)cc1F. The molecule has 0 saturated carbocycles. The second-order valence-electron chi connectivity index (χ2n) is 3.39. The van der Waals surface area contributed by atoms with Crippen molar-refractivity contribution >= 4 is 35.4 Å². The smallest absolute Gasteiger partial charge is 0.328 e. The highest BCUT2D eigenvalue weighted by molar-refractivity contribution is 7.99. The van der Waals surface area contributed by atoms with Crippen molar-refractivity contribution in [3.05, 3.63) is 35.7 Å². The summed E-state index contributed by atoms with van der Waals surface area (Å²) in [5.74, 6) is -1.74. The van der Waals surface area contributed by atoms with E-state index in [-0.39, 0.29) is 17.3 Å². The number of thioether (sulfide) groups is 1. The van der Waals surface area contributed by atoms with Gasteiger partial charge in [-0.2, -0.15) is 11.8 Å². The highest BCUT2D eigenvalue weighted by Crippen LogP contribution is 2.17. The molecule has 0 atom stereocenters. The molecule has 0 spiro atoms. The van der Waals surface area contributed by atoms with Gasteiger partial charge in [0.2, 0.25) is 5.91 Å². The first-order valence-electron chi connectivity index (χ1n) is 5.02. The number of carboxylic acid groups (broad SMARTS) is 1. The van der Waals surface area contributed by atoms with E-state index in [0.717, 1.165) is 12.1 Å². The van der Waals surface area contributed by atoms with E-state index < -0.39 is 11.8 Å². The number of carboxylic acids is 1. The van der Waals surface area contributed by atoms with Crippen LogP contribution in [0.4, 0.5) is 10.1 Å². The number of amides is 1. The van der Waals surface area contributed by atoms with Crippen molar-refractivity contribution < 1.29 is 19.1 Å². The highest BCUT2D eigenvalue weighted by Gasteiger charge is 2.06. The second-order valence-corrected chi connectivity index (χ2v) is 4.26. The largest absolute Gasteiger partial charge is 0.478 e. The third-order valence-electron chi connectivity index (χ3n) is 1.96. The normalized spacial score (nSPS) is 10.6. The number of hydrogen-bond donors (Lipinski definition) is 2. The third kappa shape index (κ3) is 4.58. The minimum absolute atomic E-state index is 0.0847. The standard InChI is InChI=1S/C12H12FNO3S/c1-18-7-11(15)14-10-4-2-8(6-9(10)13)3-5-12(16)17/h2-6H,7H2,1H3,(H,14,15)(H,16,17)/b5-3+. The molecular formula is C12H12FNO3S. The molecule has 0 aliphatic heterocycles. The predicted molar refractivity (Wildman–Crippen MR) is 70.1 cm³/mol. The number of carbonyl (C=O) groups excluding carboxylic acids is 1. The highest BCUT2D eigenvalue weighted by atomic mass is 32.2. The molecule has 18 heavy (non-hydrogen) atoms. The molecule has 0 aliphatic carbocycles. The molecule has 1 amide bonds. The zero-order valence-corrected chi connectivity index (χ0v) is 10.5. The van der Waals surface area contributed by atoms with E-state index in [1.54, 1.807) is 6.26 Å². The van der Waals surface area contributed by atoms with Crippen molar-refractivity contribution in [2.75, 3.05) is 17.3 Å². The van der Waals surface area contributed by atoms with E-state index in [1.165, 1.54) is 30.0 Å². The molecule has 2 N–H and O–H groups in total. The molecule has 0 fully saturated rings. The molecule has 0 heterocycles. The van der Waals surface area contributed by atoms with Crippen LogP contribution in [0.15, 0.2) is 24.3 Å². The predicted octanol–water partition coefficient (Wildman–Crippen LogP) is 2.22. The van der Waals surface area contributed by atoms with Gasteiger partial charge in [-0.3, -0.25) is 4.79 Å². The van der Waals surface area contributed by atoms with Crippen LogP contribution in [-0.2, 0) is 9.59 Å². The molecule has 0 unspecified atom stereocenters. The Morgan fingerprint density at radius 3 is 2.78 bits per heavy atom. The van der Waals surface area contributed by atoms with E-state index in [9.17, 15) is 14.0 Å². The zero-order valence-electron chi connectivity index (χ0n) is 9.64. The molecule has 1 rings (SSSR count). The molecule has 1 aromatic carbocycles. The minimum Gasteiger partial charge on any atom is -0.478 e. The molecule has 1 aromatic rings. The van der Waals surface area contributed by atoms with Gasteiger partial charge in [-0.15, -0.1) is 0 Å². The quantitative estimate of drug-likeness (QED) is 0.804. The van der Waals surface area contributed by atoms with Crippen LogP contribution in [0.1, 0.15) is 5.56 Å². The average Bonchev–Trinajstić information content (AvgIpc) is 2.30. The first-order chi connectivity index (χ1) is 8.52. The molecular weight excluding hydrogens is 257 g/mol. The first-order valence-corrected chi connectivity index (χ1v) is 6.41. The fourth-order valence-electron chi connectivity index (χ4n) is 1.22. The fourth-order valence-corrected chi connectivity index (χ4v) is 1.56. The lowest BCUT2D eigenvalue weighted by molar-refractivity contribution is -0.131. The number of carbonyl (C=O) groups is 2. The minimum atomic E-state index is -1.10. The van der Waals surface area contributed by atoms with Gasteiger partial charge in [0, 0.05) is 6.08 Å². The van der Waals surface area contributed by atoms with Crippen molar-refractivity contribution in [3.8, 4) is 0 Å². The summed E-state index contributed by atoms with van der Waals surface area (Å²) < 4.78 is 13.6. The molecule has 0 aliphatic rings. The maximum Gasteiger partial charge on any atom is 0.328 e. The average molecular weight is 269 g/mol. The van der Waals surface area contributed by atoms with Crippen molar-refractivity contribution in [1.82, 2.24) is 0 Å². The van der Waals surface area contributed by atoms with Crippen LogP contribution < -0.4 is 5.32 Å². The summed E-state index contributed by atoms with van der Waals surface area (Å²) in [5, 5.41) is 10.9. The van der Waals surface area contributed by atoms with Crippen LogP contribution in [0, 0.1) is 5.82 Å². The van der Waals surface area contributed by atoms with E-state index in [1.807, 2.05) is 0 Å². The maximum absolute atomic E-state index is 13.6. The van der Waals surface area contributed by atoms with Gasteiger partial charge in [0.25, 0.3) is 0 Å². The van der Waals surface area contributed by atoms with Crippen molar-refractivity contribution in [2.24, 2.45) is 0 Å². The van der Waals surface area contributed by atoms with Crippen LogP contribution in [-0.4, -0.2) is 29.0 Å². The third-order valence-corrected chi connectivity index (χ3v) is 2.51. The van der Waals surface area contributed by atoms with E-state index in [2.05, 4.69) is 5.32 Å². The number of nitrogens with one attached hydrogen (secondary N) is 1. The van der Waals surface area contributed by atoms with Gasteiger partial charge in [-0.25, -0.2) is 9.18 Å². The lowest BCUT2D eigenvalue weighted by Gasteiger charge is -2.06. The Morgan fingerprint density at radius 1 is 1.50 bits per heavy atom. The van der Waals surface area contributed by atoms with Crippen LogP contribution in [0.5, 0.6) is 0 Å². The van der Waals surface area contributed by atoms with Gasteiger partial charge in [-0.05, 0) is 30.0 Å². The summed E-state index contributed by atoms with van der Waals surface area (Å²) in [6.07, 6.45) is 3.97. The van der Waals surface area contributed by atoms with Crippen molar-refractivity contribution in [1.29, 1.82) is 0 Å². The summed E-state index contributed by atoms with van der Waals surface area (Å²) in [7, 11) is 0. The molecule has 4 nitrogen and oxygen atoms in total. The Hall–Kier alpha value is -1.82. The van der Waals surface area contributed by atoms with Crippen molar-refractivity contribution in [3.63, 3.8) is 0 Å². The number of hydrogen-bond acceptors (Lipinski definition) is 3. The second kappa shape index (κ2) is 6.80. The van der Waals surface area contributed by atoms with Crippen molar-refractivity contribution in [2.45, 2.75) is 0 Å². The fraction of sp³-hybridized carbons (Fsp3) is 0.167. The monoisotopic (exact) mass is 269 g/mol. The van der Waals surface area contributed by atoms with Crippen LogP contribution >= 0.6 is 11.8 Å². The lowest BCUT2D eigenvalue weighted by atomic mass is 10.2. The Labute approximate surface area is 108 Å². The van der Waals surface area contributed by atoms with Crippen LogP contribution in [0.3, 0.4) is 0 Å². The first kappa shape index (κ1) is 14.2. The maximum atomic E-state index is 13.6. The summed E-state index contributed by atoms with van der Waals surface area (Å²) in [6.45, 7) is 0. The van der Waals surface area contributed by atoms with Crippen LogP contribution in [0.25, 0.3) is 6.08 Å². The molecule has 6 heteroatoms. The lowest BCUT2D eigenvalue weighted by Crippen LogP contribution is -2.14. The number of benzene rings is 1. The number of rotatable bonds is 5. The Morgan fingerprint density at radius 2 is 2.22 bits per heavy atom. The molecule has 0 bridgehead atoms. The van der Waals surface area contributed by atoms with E-state index >= 15 is 0 Å². The summed E-state index contributed by atoms with van der Waals surface area (Å²) in [4.78, 5) is 21.6. The summed E-state index contributed by atoms with van der Waals surface area (Å²) in [5.41, 5.74) is 0.499. The molecule has 0 radical (unpaired) electrons. The van der Waals surface area contributed by atoms with Gasteiger partial charge < -0.3 is 10.4 Å². The molecule has 96 valence electrons. The topological polar surface area (TPSA) is 66.4 Å². The van der Waals surface area contributed by atoms with Gasteiger partial charge in [0.1, 0.15) is 5.82 Å². The van der Waals surface area contributed by atoms with E-state index in [0.29, 0.717) is 5.56 Å². The molecule has 0 aromatic heterocycles. The number of halogens is 1. The summed E-state index contributed by atoms with van der Waals surface area (Å²) in [6, 6.07) is 4.08. The van der Waals surface area contributed by atoms with Gasteiger partial charge >= 0.3 is 5.97 Å². The van der Waals surface area contributed by atoms with Gasteiger partial charge in [-0.1, -0.05) is 6.07 Å². The number of anilines is 1.